The summed E-state index contributed by atoms with van der Waals surface area (Å²) in [6.07, 6.45) is 0. The predicted molar refractivity (Wildman–Crippen MR) is 55.9 cm³/mol. The molecule has 8 heteroatoms. The molecule has 16 heavy (non-hydrogen) atoms. The quantitative estimate of drug-likeness (QED) is 0.324. The van der Waals surface area contributed by atoms with Gasteiger partial charge in [0.2, 0.25) is 0 Å². The minimum absolute atomic E-state index is 0. The van der Waals surface area contributed by atoms with E-state index in [4.69, 9.17) is 27.3 Å². The van der Waals surface area contributed by atoms with E-state index in [0.717, 1.165) is 0 Å². The SMILES string of the molecule is CC(C)(C)OOC(C)(C)C.O=S(=O)(O)O.[Ag]. The topological polar surface area (TPSA) is 93.1 Å². The number of hydrogen-bond donors (Lipinski definition) is 2. The minimum Gasteiger partial charge on any atom is -0.264 e. The van der Waals surface area contributed by atoms with Crippen LogP contribution < -0.4 is 0 Å². The van der Waals surface area contributed by atoms with Gasteiger partial charge >= 0.3 is 10.4 Å². The van der Waals surface area contributed by atoms with E-state index in [1.54, 1.807) is 0 Å². The minimum atomic E-state index is -4.67. The molecule has 0 saturated heterocycles. The Hall–Kier alpha value is 0.530. The molecule has 0 aliphatic rings. The molecule has 0 heterocycles. The molecule has 0 aliphatic carbocycles. The van der Waals surface area contributed by atoms with Gasteiger partial charge in [-0.05, 0) is 41.5 Å². The third-order valence-electron chi connectivity index (χ3n) is 0.542. The van der Waals surface area contributed by atoms with Crippen LogP contribution in [-0.2, 0) is 42.6 Å². The maximum atomic E-state index is 8.74. The molecule has 0 aliphatic heterocycles. The molecule has 105 valence electrons. The first-order valence-electron chi connectivity index (χ1n) is 4.27. The van der Waals surface area contributed by atoms with Crippen LogP contribution in [0.5, 0.6) is 0 Å². The van der Waals surface area contributed by atoms with Gasteiger partial charge in [-0.15, -0.1) is 0 Å². The van der Waals surface area contributed by atoms with Crippen molar-refractivity contribution in [1.29, 1.82) is 0 Å². The average molecular weight is 352 g/mol. The molecule has 0 rings (SSSR count). The molecule has 0 fully saturated rings. The van der Waals surface area contributed by atoms with Crippen molar-refractivity contribution in [3.05, 3.63) is 0 Å². The largest absolute Gasteiger partial charge is 0.394 e. The van der Waals surface area contributed by atoms with Crippen LogP contribution in [0.4, 0.5) is 0 Å². The second-order valence-corrected chi connectivity index (χ2v) is 5.73. The summed E-state index contributed by atoms with van der Waals surface area (Å²) in [6.45, 7) is 11.7. The first-order chi connectivity index (χ1) is 6.21. The van der Waals surface area contributed by atoms with Gasteiger partial charge in [-0.2, -0.15) is 8.42 Å². The second-order valence-electron chi connectivity index (χ2n) is 4.84. The molecule has 0 aromatic rings. The van der Waals surface area contributed by atoms with Crippen LogP contribution in [0, 0.1) is 0 Å². The van der Waals surface area contributed by atoms with Gasteiger partial charge in [-0.1, -0.05) is 0 Å². The fourth-order valence-corrected chi connectivity index (χ4v) is 0.250. The van der Waals surface area contributed by atoms with Gasteiger partial charge in [0.25, 0.3) is 0 Å². The van der Waals surface area contributed by atoms with Crippen molar-refractivity contribution < 1.29 is 49.7 Å². The molecule has 0 aromatic heterocycles. The summed E-state index contributed by atoms with van der Waals surface area (Å²) < 4.78 is 31.6. The maximum absolute atomic E-state index is 8.74. The fourth-order valence-electron chi connectivity index (χ4n) is 0.250. The van der Waals surface area contributed by atoms with Crippen LogP contribution in [0.2, 0.25) is 0 Å². The maximum Gasteiger partial charge on any atom is 0.394 e. The Kier molecular flexibility index (Phi) is 10.6. The Morgan fingerprint density at radius 2 is 0.938 bits per heavy atom. The molecule has 0 spiro atoms. The van der Waals surface area contributed by atoms with Crippen LogP contribution in [-0.4, -0.2) is 28.7 Å². The van der Waals surface area contributed by atoms with E-state index < -0.39 is 10.4 Å². The fraction of sp³-hybridized carbons (Fsp3) is 1.00. The summed E-state index contributed by atoms with van der Waals surface area (Å²) in [4.78, 5) is 10.2. The first kappa shape index (κ1) is 21.8. The molecule has 0 bridgehead atoms. The van der Waals surface area contributed by atoms with Crippen LogP contribution in [0.3, 0.4) is 0 Å². The smallest absolute Gasteiger partial charge is 0.264 e. The van der Waals surface area contributed by atoms with Gasteiger partial charge in [0.05, 0.1) is 11.2 Å². The van der Waals surface area contributed by atoms with E-state index >= 15 is 0 Å². The normalized spacial score (nSPS) is 12.2. The molecular formula is C8H20AgO6S. The molecule has 2 N–H and O–H groups in total. The zero-order chi connectivity index (χ0) is 12.9. The van der Waals surface area contributed by atoms with Gasteiger partial charge in [0.15, 0.2) is 0 Å². The zero-order valence-corrected chi connectivity index (χ0v) is 12.5. The van der Waals surface area contributed by atoms with E-state index in [-0.39, 0.29) is 33.6 Å². The first-order valence-corrected chi connectivity index (χ1v) is 5.67. The molecule has 1 radical (unpaired) electrons. The van der Waals surface area contributed by atoms with Crippen molar-refractivity contribution in [1.82, 2.24) is 0 Å². The van der Waals surface area contributed by atoms with Gasteiger partial charge in [0, 0.05) is 22.4 Å². The number of rotatable bonds is 1. The van der Waals surface area contributed by atoms with E-state index in [1.807, 2.05) is 41.5 Å². The third kappa shape index (κ3) is 46.9. The summed E-state index contributed by atoms with van der Waals surface area (Å²) in [6, 6.07) is 0. The van der Waals surface area contributed by atoms with Crippen molar-refractivity contribution in [2.45, 2.75) is 52.7 Å². The van der Waals surface area contributed by atoms with Crippen LogP contribution in [0.1, 0.15) is 41.5 Å². The Morgan fingerprint density at radius 3 is 1.00 bits per heavy atom. The second kappa shape index (κ2) is 7.78. The molecule has 6 nitrogen and oxygen atoms in total. The van der Waals surface area contributed by atoms with E-state index in [2.05, 4.69) is 0 Å². The predicted octanol–water partition coefficient (Wildman–Crippen LogP) is 1.88. The van der Waals surface area contributed by atoms with E-state index in [0.29, 0.717) is 0 Å². The van der Waals surface area contributed by atoms with Gasteiger partial charge < -0.3 is 0 Å². The van der Waals surface area contributed by atoms with Crippen LogP contribution >= 0.6 is 0 Å². The van der Waals surface area contributed by atoms with Gasteiger partial charge in [0.1, 0.15) is 0 Å². The monoisotopic (exact) mass is 351 g/mol. The van der Waals surface area contributed by atoms with Crippen molar-refractivity contribution >= 4 is 10.4 Å². The summed E-state index contributed by atoms with van der Waals surface area (Å²) in [5.74, 6) is 0. The van der Waals surface area contributed by atoms with Crippen molar-refractivity contribution in [3.63, 3.8) is 0 Å². The molecule has 0 aromatic carbocycles. The van der Waals surface area contributed by atoms with Crippen molar-refractivity contribution in [2.24, 2.45) is 0 Å². The Bertz CT molecular complexity index is 239. The third-order valence-corrected chi connectivity index (χ3v) is 0.542. The molecule has 0 amide bonds. The summed E-state index contributed by atoms with van der Waals surface area (Å²) >= 11 is 0. The van der Waals surface area contributed by atoms with Crippen LogP contribution in [0.15, 0.2) is 0 Å². The van der Waals surface area contributed by atoms with Gasteiger partial charge in [-0.3, -0.25) is 9.11 Å². The molecule has 0 saturated carbocycles. The Balaban J connectivity index is -0.000000242. The molecule has 0 atom stereocenters. The van der Waals surface area contributed by atoms with E-state index in [1.165, 1.54) is 0 Å². The molecular weight excluding hydrogens is 332 g/mol. The summed E-state index contributed by atoms with van der Waals surface area (Å²) in [5.41, 5.74) is -0.430. The van der Waals surface area contributed by atoms with Crippen molar-refractivity contribution in [3.8, 4) is 0 Å². The molecule has 0 unspecified atom stereocenters. The van der Waals surface area contributed by atoms with Crippen LogP contribution in [0.25, 0.3) is 0 Å². The zero-order valence-electron chi connectivity index (χ0n) is 10.2. The Labute approximate surface area is 113 Å². The summed E-state index contributed by atoms with van der Waals surface area (Å²) in [7, 11) is -4.67. The van der Waals surface area contributed by atoms with E-state index in [9.17, 15) is 0 Å². The summed E-state index contributed by atoms with van der Waals surface area (Å²) in [5, 5.41) is 0. The van der Waals surface area contributed by atoms with Crippen molar-refractivity contribution in [2.75, 3.05) is 0 Å². The standard InChI is InChI=1S/C8H18O2.Ag.H2O4S/c1-7(2,3)9-10-8(4,5)6;;1-5(2,3)4/h1-6H3;;(H2,1,2,3,4). The Morgan fingerprint density at radius 1 is 0.812 bits per heavy atom. The average Bonchev–Trinajstić information content (AvgIpc) is 1.76. The number of hydrogen-bond acceptors (Lipinski definition) is 4. The van der Waals surface area contributed by atoms with Gasteiger partial charge in [-0.25, -0.2) is 9.78 Å².